The fraction of sp³-hybridized carbons (Fsp3) is 0.923. The van der Waals surface area contributed by atoms with Gasteiger partial charge in [-0.3, -0.25) is 9.69 Å². The van der Waals surface area contributed by atoms with Crippen LogP contribution in [0.25, 0.3) is 0 Å². The number of carbonyl (C=O) groups excluding carboxylic acids is 1. The molecule has 0 aromatic carbocycles. The quantitative estimate of drug-likeness (QED) is 0.734. The van der Waals surface area contributed by atoms with Gasteiger partial charge in [-0.2, -0.15) is 0 Å². The first-order valence-electron chi connectivity index (χ1n) is 6.61. The Balaban J connectivity index is 1.86. The summed E-state index contributed by atoms with van der Waals surface area (Å²) in [6.07, 6.45) is 2.01. The third kappa shape index (κ3) is 2.63. The van der Waals surface area contributed by atoms with E-state index in [1.807, 2.05) is 4.90 Å². The molecule has 0 N–H and O–H groups in total. The van der Waals surface area contributed by atoms with E-state index in [4.69, 9.17) is 4.74 Å². The Morgan fingerprint density at radius 3 is 2.24 bits per heavy atom. The van der Waals surface area contributed by atoms with Gasteiger partial charge in [0.1, 0.15) is 0 Å². The van der Waals surface area contributed by atoms with E-state index in [0.29, 0.717) is 18.6 Å². The maximum atomic E-state index is 12.4. The lowest BCUT2D eigenvalue weighted by molar-refractivity contribution is -0.141. The SMILES string of the molecule is COCC1(C(=O)N2CCN(C(C)C)CC2)CC1. The summed E-state index contributed by atoms with van der Waals surface area (Å²) >= 11 is 0. The molecule has 0 aromatic rings. The van der Waals surface area contributed by atoms with Gasteiger partial charge in [-0.05, 0) is 26.7 Å². The van der Waals surface area contributed by atoms with Gasteiger partial charge in [-0.1, -0.05) is 0 Å². The van der Waals surface area contributed by atoms with Gasteiger partial charge in [0.05, 0.1) is 12.0 Å². The fourth-order valence-corrected chi connectivity index (χ4v) is 2.62. The molecule has 1 aliphatic carbocycles. The van der Waals surface area contributed by atoms with Gasteiger partial charge in [0.15, 0.2) is 0 Å². The lowest BCUT2D eigenvalue weighted by atomic mass is 10.1. The van der Waals surface area contributed by atoms with E-state index in [0.717, 1.165) is 39.0 Å². The summed E-state index contributed by atoms with van der Waals surface area (Å²) in [6, 6.07) is 0.584. The number of nitrogens with zero attached hydrogens (tertiary/aromatic N) is 2. The predicted molar refractivity (Wildman–Crippen MR) is 66.8 cm³/mol. The number of hydrogen-bond acceptors (Lipinski definition) is 3. The van der Waals surface area contributed by atoms with E-state index in [9.17, 15) is 4.79 Å². The van der Waals surface area contributed by atoms with Gasteiger partial charge in [-0.15, -0.1) is 0 Å². The minimum absolute atomic E-state index is 0.158. The van der Waals surface area contributed by atoms with Gasteiger partial charge < -0.3 is 9.64 Å². The molecule has 4 heteroatoms. The van der Waals surface area contributed by atoms with Crippen molar-refractivity contribution in [3.05, 3.63) is 0 Å². The van der Waals surface area contributed by atoms with Crippen molar-refractivity contribution in [2.75, 3.05) is 39.9 Å². The number of rotatable bonds is 4. The molecule has 0 unspecified atom stereocenters. The highest BCUT2D eigenvalue weighted by molar-refractivity contribution is 5.85. The Bertz CT molecular complexity index is 279. The average Bonchev–Trinajstić information content (AvgIpc) is 3.10. The largest absolute Gasteiger partial charge is 0.384 e. The number of piperazine rings is 1. The topological polar surface area (TPSA) is 32.8 Å². The monoisotopic (exact) mass is 240 g/mol. The van der Waals surface area contributed by atoms with Crippen LogP contribution in [-0.4, -0.2) is 61.6 Å². The molecule has 0 aromatic heterocycles. The molecule has 0 spiro atoms. The van der Waals surface area contributed by atoms with Crippen molar-refractivity contribution >= 4 is 5.91 Å². The van der Waals surface area contributed by atoms with E-state index >= 15 is 0 Å². The summed E-state index contributed by atoms with van der Waals surface area (Å²) in [5, 5.41) is 0. The van der Waals surface area contributed by atoms with E-state index in [1.54, 1.807) is 7.11 Å². The molecule has 1 aliphatic heterocycles. The third-order valence-corrected chi connectivity index (χ3v) is 4.06. The van der Waals surface area contributed by atoms with Crippen molar-refractivity contribution in [3.8, 4) is 0 Å². The summed E-state index contributed by atoms with van der Waals surface area (Å²) in [5.74, 6) is 0.322. The normalized spacial score (nSPS) is 24.1. The Labute approximate surface area is 104 Å². The van der Waals surface area contributed by atoms with E-state index in [-0.39, 0.29) is 5.41 Å². The van der Waals surface area contributed by atoms with Crippen molar-refractivity contribution in [2.24, 2.45) is 5.41 Å². The number of carbonyl (C=O) groups is 1. The van der Waals surface area contributed by atoms with Gasteiger partial charge in [-0.25, -0.2) is 0 Å². The fourth-order valence-electron chi connectivity index (χ4n) is 2.62. The molecular weight excluding hydrogens is 216 g/mol. The second-order valence-electron chi connectivity index (χ2n) is 5.64. The molecule has 1 saturated heterocycles. The molecule has 4 nitrogen and oxygen atoms in total. The second-order valence-corrected chi connectivity index (χ2v) is 5.64. The summed E-state index contributed by atoms with van der Waals surface area (Å²) in [6.45, 7) is 8.79. The Morgan fingerprint density at radius 2 is 1.82 bits per heavy atom. The van der Waals surface area contributed by atoms with E-state index in [2.05, 4.69) is 18.7 Å². The van der Waals surface area contributed by atoms with Crippen LogP contribution in [-0.2, 0) is 9.53 Å². The van der Waals surface area contributed by atoms with Crippen LogP contribution in [0.2, 0.25) is 0 Å². The first kappa shape index (κ1) is 12.8. The zero-order chi connectivity index (χ0) is 12.5. The van der Waals surface area contributed by atoms with Crippen molar-refractivity contribution < 1.29 is 9.53 Å². The standard InChI is InChI=1S/C13H24N2O2/c1-11(2)14-6-8-15(9-7-14)12(16)13(4-5-13)10-17-3/h11H,4-10H2,1-3H3. The zero-order valence-electron chi connectivity index (χ0n) is 11.2. The van der Waals surface area contributed by atoms with E-state index < -0.39 is 0 Å². The molecule has 98 valence electrons. The van der Waals surface area contributed by atoms with Gasteiger partial charge >= 0.3 is 0 Å². The van der Waals surface area contributed by atoms with Crippen molar-refractivity contribution in [3.63, 3.8) is 0 Å². The predicted octanol–water partition coefficient (Wildman–Crippen LogP) is 0.966. The van der Waals surface area contributed by atoms with Gasteiger partial charge in [0.2, 0.25) is 5.91 Å². The smallest absolute Gasteiger partial charge is 0.231 e. The maximum absolute atomic E-state index is 12.4. The molecule has 0 radical (unpaired) electrons. The first-order valence-corrected chi connectivity index (χ1v) is 6.61. The van der Waals surface area contributed by atoms with Gasteiger partial charge in [0, 0.05) is 39.3 Å². The molecule has 17 heavy (non-hydrogen) atoms. The van der Waals surface area contributed by atoms with E-state index in [1.165, 1.54) is 0 Å². The third-order valence-electron chi connectivity index (χ3n) is 4.06. The lowest BCUT2D eigenvalue weighted by Crippen LogP contribution is -2.52. The lowest BCUT2D eigenvalue weighted by Gasteiger charge is -2.38. The van der Waals surface area contributed by atoms with Crippen LogP contribution >= 0.6 is 0 Å². The highest BCUT2D eigenvalue weighted by Gasteiger charge is 2.51. The van der Waals surface area contributed by atoms with Crippen LogP contribution in [0.5, 0.6) is 0 Å². The summed E-state index contributed by atoms with van der Waals surface area (Å²) in [5.41, 5.74) is -0.158. The first-order chi connectivity index (χ1) is 8.09. The number of hydrogen-bond donors (Lipinski definition) is 0. The molecule has 2 aliphatic rings. The van der Waals surface area contributed by atoms with Crippen LogP contribution in [0.1, 0.15) is 26.7 Å². The minimum atomic E-state index is -0.158. The molecule has 2 rings (SSSR count). The molecule has 2 fully saturated rings. The summed E-state index contributed by atoms with van der Waals surface area (Å²) < 4.78 is 5.18. The maximum Gasteiger partial charge on any atom is 0.231 e. The van der Waals surface area contributed by atoms with Crippen LogP contribution in [0.3, 0.4) is 0 Å². The van der Waals surface area contributed by atoms with Crippen LogP contribution < -0.4 is 0 Å². The Morgan fingerprint density at radius 1 is 1.24 bits per heavy atom. The molecule has 0 bridgehead atoms. The van der Waals surface area contributed by atoms with Crippen molar-refractivity contribution in [2.45, 2.75) is 32.7 Å². The Kier molecular flexibility index (Phi) is 3.73. The highest BCUT2D eigenvalue weighted by atomic mass is 16.5. The van der Waals surface area contributed by atoms with Crippen LogP contribution in [0.15, 0.2) is 0 Å². The molecule has 0 atom stereocenters. The number of amides is 1. The molecule has 1 saturated carbocycles. The molecular formula is C13H24N2O2. The Hall–Kier alpha value is -0.610. The average molecular weight is 240 g/mol. The second kappa shape index (κ2) is 4.94. The van der Waals surface area contributed by atoms with Crippen LogP contribution in [0.4, 0.5) is 0 Å². The van der Waals surface area contributed by atoms with Crippen molar-refractivity contribution in [1.82, 2.24) is 9.80 Å². The van der Waals surface area contributed by atoms with Crippen molar-refractivity contribution in [1.29, 1.82) is 0 Å². The summed E-state index contributed by atoms with van der Waals surface area (Å²) in [4.78, 5) is 16.8. The summed E-state index contributed by atoms with van der Waals surface area (Å²) in [7, 11) is 1.68. The minimum Gasteiger partial charge on any atom is -0.384 e. The highest BCUT2D eigenvalue weighted by Crippen LogP contribution is 2.47. The number of methoxy groups -OCH3 is 1. The zero-order valence-corrected chi connectivity index (χ0v) is 11.2. The number of ether oxygens (including phenoxy) is 1. The molecule has 1 amide bonds. The van der Waals surface area contributed by atoms with Crippen LogP contribution in [0, 0.1) is 5.41 Å². The van der Waals surface area contributed by atoms with Gasteiger partial charge in [0.25, 0.3) is 0 Å². The molecule has 1 heterocycles.